The minimum atomic E-state index is 0.512. The van der Waals surface area contributed by atoms with Crippen LogP contribution in [-0.2, 0) is 0 Å². The lowest BCUT2D eigenvalue weighted by atomic mass is 9.90. The lowest BCUT2D eigenvalue weighted by molar-refractivity contribution is 0.196. The molecule has 150 valence electrons. The summed E-state index contributed by atoms with van der Waals surface area (Å²) in [6.07, 6.45) is 14.2. The first kappa shape index (κ1) is 28.7. The van der Waals surface area contributed by atoms with Gasteiger partial charge in [0.1, 0.15) is 0 Å². The molecule has 0 saturated heterocycles. The van der Waals surface area contributed by atoms with Crippen molar-refractivity contribution in [3.8, 4) is 6.01 Å². The molecule has 1 heterocycles. The molecule has 3 nitrogen and oxygen atoms in total. The Morgan fingerprint density at radius 2 is 1.32 bits per heavy atom. The fourth-order valence-corrected chi connectivity index (χ4v) is 2.26. The van der Waals surface area contributed by atoms with Gasteiger partial charge in [-0.3, -0.25) is 0 Å². The van der Waals surface area contributed by atoms with E-state index in [1.165, 1.54) is 51.4 Å². The topological polar surface area (TPSA) is 35.0 Å². The molecule has 1 aromatic rings. The maximum absolute atomic E-state index is 5.52. The number of hydrogen-bond acceptors (Lipinski definition) is 3. The third kappa shape index (κ3) is 20.8. The molecule has 1 aliphatic carbocycles. The highest BCUT2D eigenvalue weighted by Gasteiger charge is 2.14. The van der Waals surface area contributed by atoms with Gasteiger partial charge in [0, 0.05) is 12.4 Å². The lowest BCUT2D eigenvalue weighted by Gasteiger charge is -2.20. The van der Waals surface area contributed by atoms with Crippen molar-refractivity contribution in [1.82, 2.24) is 9.97 Å². The van der Waals surface area contributed by atoms with Crippen LogP contribution in [0.2, 0.25) is 0 Å². The standard InChI is InChI=1S/C11H16N2O.C5H12.3C2H6/c1-2-5-10(6-3-1)9-14-11-12-7-4-8-13-11;1-3-5-4-2;3*1-2/h4,7-8,10H,1-3,5-6,9H2;3-5H2,1-2H3;3*1-2H3. The van der Waals surface area contributed by atoms with Crippen LogP contribution in [0.4, 0.5) is 0 Å². The molecule has 1 aromatic heterocycles. The number of rotatable bonds is 5. The Labute approximate surface area is 159 Å². The summed E-state index contributed by atoms with van der Waals surface area (Å²) in [6.45, 7) is 17.2. The number of hydrogen-bond donors (Lipinski definition) is 0. The van der Waals surface area contributed by atoms with Gasteiger partial charge in [-0.25, -0.2) is 9.97 Å². The lowest BCUT2D eigenvalue weighted by Crippen LogP contribution is -2.16. The molecular weight excluding hydrogens is 308 g/mol. The first-order valence-corrected chi connectivity index (χ1v) is 10.8. The summed E-state index contributed by atoms with van der Waals surface area (Å²) in [6, 6.07) is 2.31. The normalized spacial score (nSPS) is 12.5. The van der Waals surface area contributed by atoms with Crippen molar-refractivity contribution in [2.75, 3.05) is 6.61 Å². The van der Waals surface area contributed by atoms with Crippen LogP contribution in [0.5, 0.6) is 6.01 Å². The predicted molar refractivity (Wildman–Crippen MR) is 113 cm³/mol. The quantitative estimate of drug-likeness (QED) is 0.543. The second-order valence-electron chi connectivity index (χ2n) is 5.20. The highest BCUT2D eigenvalue weighted by Crippen LogP contribution is 2.23. The van der Waals surface area contributed by atoms with Gasteiger partial charge in [-0.05, 0) is 24.8 Å². The van der Waals surface area contributed by atoms with Gasteiger partial charge in [-0.15, -0.1) is 0 Å². The second-order valence-corrected chi connectivity index (χ2v) is 5.20. The molecule has 0 bridgehead atoms. The molecule has 0 aliphatic heterocycles. The largest absolute Gasteiger partial charge is 0.463 e. The fourth-order valence-electron chi connectivity index (χ4n) is 2.26. The Bertz CT molecular complexity index is 296. The average molecular weight is 355 g/mol. The Morgan fingerprint density at radius 3 is 1.72 bits per heavy atom. The summed E-state index contributed by atoms with van der Waals surface area (Å²) in [5.41, 5.74) is 0. The van der Waals surface area contributed by atoms with Crippen molar-refractivity contribution in [2.24, 2.45) is 5.92 Å². The van der Waals surface area contributed by atoms with Gasteiger partial charge < -0.3 is 4.74 Å². The fraction of sp³-hybridized carbons (Fsp3) is 0.818. The van der Waals surface area contributed by atoms with Crippen LogP contribution in [0.25, 0.3) is 0 Å². The molecule has 0 atom stereocenters. The van der Waals surface area contributed by atoms with Crippen LogP contribution in [-0.4, -0.2) is 16.6 Å². The van der Waals surface area contributed by atoms with E-state index in [9.17, 15) is 0 Å². The first-order valence-electron chi connectivity index (χ1n) is 10.8. The highest BCUT2D eigenvalue weighted by molar-refractivity contribution is 4.93. The average Bonchev–Trinajstić information content (AvgIpc) is 2.74. The molecule has 0 N–H and O–H groups in total. The van der Waals surface area contributed by atoms with Crippen molar-refractivity contribution in [3.63, 3.8) is 0 Å². The summed E-state index contributed by atoms with van der Waals surface area (Å²) >= 11 is 0. The first-order chi connectivity index (χ1) is 12.4. The molecular formula is C22H46N2O. The van der Waals surface area contributed by atoms with Crippen LogP contribution in [0.1, 0.15) is 107 Å². The highest BCUT2D eigenvalue weighted by atomic mass is 16.5. The molecule has 0 radical (unpaired) electrons. The number of ether oxygens (including phenoxy) is 1. The molecule has 0 amide bonds. The van der Waals surface area contributed by atoms with E-state index in [1.807, 2.05) is 41.5 Å². The summed E-state index contributed by atoms with van der Waals surface area (Å²) in [4.78, 5) is 8.06. The van der Waals surface area contributed by atoms with Crippen molar-refractivity contribution in [2.45, 2.75) is 107 Å². The molecule has 1 fully saturated rings. The summed E-state index contributed by atoms with van der Waals surface area (Å²) in [7, 11) is 0. The van der Waals surface area contributed by atoms with E-state index in [1.54, 1.807) is 18.5 Å². The van der Waals surface area contributed by atoms with Crippen LogP contribution < -0.4 is 4.74 Å². The van der Waals surface area contributed by atoms with Gasteiger partial charge in [-0.2, -0.15) is 0 Å². The van der Waals surface area contributed by atoms with E-state index < -0.39 is 0 Å². The number of aromatic nitrogens is 2. The third-order valence-corrected chi connectivity index (χ3v) is 3.42. The van der Waals surface area contributed by atoms with Gasteiger partial charge in [-0.1, -0.05) is 93.9 Å². The van der Waals surface area contributed by atoms with E-state index in [2.05, 4.69) is 23.8 Å². The zero-order chi connectivity index (χ0) is 19.8. The Balaban J connectivity index is -0.000000373. The molecule has 1 aliphatic rings. The molecule has 0 spiro atoms. The molecule has 25 heavy (non-hydrogen) atoms. The van der Waals surface area contributed by atoms with Crippen LogP contribution in [0, 0.1) is 5.92 Å². The minimum Gasteiger partial charge on any atom is -0.463 e. The second kappa shape index (κ2) is 27.7. The Kier molecular flexibility index (Phi) is 31.8. The third-order valence-electron chi connectivity index (χ3n) is 3.42. The van der Waals surface area contributed by atoms with E-state index in [0.29, 0.717) is 11.9 Å². The Morgan fingerprint density at radius 1 is 0.840 bits per heavy atom. The van der Waals surface area contributed by atoms with Crippen LogP contribution in [0.3, 0.4) is 0 Å². The monoisotopic (exact) mass is 354 g/mol. The van der Waals surface area contributed by atoms with E-state index in [-0.39, 0.29) is 0 Å². The van der Waals surface area contributed by atoms with Crippen molar-refractivity contribution >= 4 is 0 Å². The number of unbranched alkanes of at least 4 members (excludes halogenated alkanes) is 2. The van der Waals surface area contributed by atoms with Crippen LogP contribution >= 0.6 is 0 Å². The van der Waals surface area contributed by atoms with E-state index >= 15 is 0 Å². The van der Waals surface area contributed by atoms with Gasteiger partial charge in [0.05, 0.1) is 6.61 Å². The predicted octanol–water partition coefficient (Wildman–Crippen LogP) is 7.71. The van der Waals surface area contributed by atoms with Crippen molar-refractivity contribution < 1.29 is 4.74 Å². The molecule has 1 saturated carbocycles. The number of nitrogens with zero attached hydrogens (tertiary/aromatic N) is 2. The van der Waals surface area contributed by atoms with Gasteiger partial charge in [0.25, 0.3) is 0 Å². The van der Waals surface area contributed by atoms with Crippen molar-refractivity contribution in [1.29, 1.82) is 0 Å². The summed E-state index contributed by atoms with van der Waals surface area (Å²) < 4.78 is 5.52. The van der Waals surface area contributed by atoms with Crippen LogP contribution in [0.15, 0.2) is 18.5 Å². The SMILES string of the molecule is CC.CC.CC.CCCCC.c1cnc(OCC2CCCCC2)nc1. The maximum atomic E-state index is 5.52. The van der Waals surface area contributed by atoms with Gasteiger partial charge in [0.2, 0.25) is 0 Å². The molecule has 0 unspecified atom stereocenters. The minimum absolute atomic E-state index is 0.512. The molecule has 3 heteroatoms. The summed E-state index contributed by atoms with van der Waals surface area (Å²) in [5.74, 6) is 0.715. The molecule has 2 rings (SSSR count). The van der Waals surface area contributed by atoms with Gasteiger partial charge in [0.15, 0.2) is 0 Å². The Hall–Kier alpha value is -1.12. The molecule has 0 aromatic carbocycles. The van der Waals surface area contributed by atoms with E-state index in [4.69, 9.17) is 4.74 Å². The zero-order valence-corrected chi connectivity index (χ0v) is 18.5. The van der Waals surface area contributed by atoms with E-state index in [0.717, 1.165) is 6.61 Å². The van der Waals surface area contributed by atoms with Gasteiger partial charge >= 0.3 is 6.01 Å². The maximum Gasteiger partial charge on any atom is 0.316 e. The summed E-state index contributed by atoms with van der Waals surface area (Å²) in [5, 5.41) is 0. The zero-order valence-electron chi connectivity index (χ0n) is 18.5. The van der Waals surface area contributed by atoms with Crippen molar-refractivity contribution in [3.05, 3.63) is 18.5 Å². The smallest absolute Gasteiger partial charge is 0.316 e.